The fraction of sp³-hybridized carbons (Fsp3) is 0. The van der Waals surface area contributed by atoms with E-state index in [4.69, 9.17) is 4.52 Å². The SMILES string of the molecule is O=P(O)(Oc1ccccc1)c1ccccc1.[Ti]. The van der Waals surface area contributed by atoms with Crippen molar-refractivity contribution in [2.75, 3.05) is 0 Å². The van der Waals surface area contributed by atoms with Crippen LogP contribution in [0.1, 0.15) is 0 Å². The summed E-state index contributed by atoms with van der Waals surface area (Å²) >= 11 is 0. The predicted octanol–water partition coefficient (Wildman–Crippen LogP) is 2.57. The number of hydrogen-bond acceptors (Lipinski definition) is 2. The Hall–Kier alpha value is -0.856. The van der Waals surface area contributed by atoms with E-state index >= 15 is 0 Å². The summed E-state index contributed by atoms with van der Waals surface area (Å²) in [5, 5.41) is 0.291. The van der Waals surface area contributed by atoms with E-state index in [-0.39, 0.29) is 21.7 Å². The molecule has 2 aromatic rings. The molecular formula is C12H11O3PTi. The molecule has 0 spiro atoms. The standard InChI is InChI=1S/C12H11O3P.Ti/c13-16(14,12-9-5-2-6-10-12)15-11-7-3-1-4-8-11;/h1-10H,(H,13,14);. The Morgan fingerprint density at radius 1 is 0.882 bits per heavy atom. The molecule has 2 aromatic carbocycles. The van der Waals surface area contributed by atoms with Crippen molar-refractivity contribution in [1.82, 2.24) is 0 Å². The van der Waals surface area contributed by atoms with E-state index in [2.05, 4.69) is 0 Å². The van der Waals surface area contributed by atoms with Gasteiger partial charge in [-0.15, -0.1) is 0 Å². The zero-order valence-electron chi connectivity index (χ0n) is 8.98. The van der Waals surface area contributed by atoms with Crippen molar-refractivity contribution >= 4 is 12.9 Å². The van der Waals surface area contributed by atoms with E-state index in [0.717, 1.165) is 0 Å². The van der Waals surface area contributed by atoms with Crippen molar-refractivity contribution in [2.24, 2.45) is 0 Å². The quantitative estimate of drug-likeness (QED) is 0.695. The Morgan fingerprint density at radius 2 is 1.35 bits per heavy atom. The van der Waals surface area contributed by atoms with Gasteiger partial charge in [0.25, 0.3) is 0 Å². The molecule has 0 radical (unpaired) electrons. The zero-order valence-corrected chi connectivity index (χ0v) is 11.4. The van der Waals surface area contributed by atoms with Crippen LogP contribution in [0.5, 0.6) is 5.75 Å². The Balaban J connectivity index is 0.00000144. The molecule has 2 rings (SSSR count). The molecule has 0 saturated carbocycles. The van der Waals surface area contributed by atoms with Gasteiger partial charge in [0.2, 0.25) is 0 Å². The van der Waals surface area contributed by atoms with Crippen molar-refractivity contribution in [2.45, 2.75) is 0 Å². The Kier molecular flexibility index (Phi) is 5.16. The van der Waals surface area contributed by atoms with Crippen LogP contribution in [0.3, 0.4) is 0 Å². The summed E-state index contributed by atoms with van der Waals surface area (Å²) in [6, 6.07) is 16.9. The zero-order chi connectivity index (χ0) is 11.4. The molecule has 0 amide bonds. The summed E-state index contributed by atoms with van der Waals surface area (Å²) in [6.07, 6.45) is 0. The van der Waals surface area contributed by atoms with Crippen LogP contribution in [-0.2, 0) is 26.3 Å². The average molecular weight is 282 g/mol. The van der Waals surface area contributed by atoms with Gasteiger partial charge in [-0.05, 0) is 24.3 Å². The average Bonchev–Trinajstić information content (AvgIpc) is 2.31. The van der Waals surface area contributed by atoms with Gasteiger partial charge in [0.05, 0.1) is 5.30 Å². The van der Waals surface area contributed by atoms with E-state index in [1.807, 2.05) is 6.07 Å². The van der Waals surface area contributed by atoms with Gasteiger partial charge >= 0.3 is 7.60 Å². The Morgan fingerprint density at radius 3 is 1.88 bits per heavy atom. The molecule has 17 heavy (non-hydrogen) atoms. The molecule has 0 aromatic heterocycles. The molecular weight excluding hydrogens is 271 g/mol. The van der Waals surface area contributed by atoms with Crippen LogP contribution < -0.4 is 9.83 Å². The molecule has 0 saturated heterocycles. The summed E-state index contributed by atoms with van der Waals surface area (Å²) in [7, 11) is -3.77. The van der Waals surface area contributed by atoms with E-state index in [9.17, 15) is 9.46 Å². The van der Waals surface area contributed by atoms with E-state index in [1.165, 1.54) is 0 Å². The van der Waals surface area contributed by atoms with E-state index in [1.54, 1.807) is 54.6 Å². The molecule has 0 aliphatic heterocycles. The largest absolute Gasteiger partial charge is 0.421 e. The van der Waals surface area contributed by atoms with Crippen LogP contribution >= 0.6 is 7.60 Å². The van der Waals surface area contributed by atoms with Crippen LogP contribution in [0, 0.1) is 0 Å². The van der Waals surface area contributed by atoms with Crippen LogP contribution in [0.15, 0.2) is 60.7 Å². The van der Waals surface area contributed by atoms with Gasteiger partial charge in [-0.2, -0.15) is 0 Å². The number of benzene rings is 2. The molecule has 1 unspecified atom stereocenters. The van der Waals surface area contributed by atoms with Crippen molar-refractivity contribution in [3.05, 3.63) is 60.7 Å². The van der Waals surface area contributed by atoms with Gasteiger partial charge in [0.1, 0.15) is 5.75 Å². The first kappa shape index (κ1) is 14.2. The minimum absolute atomic E-state index is 0. The maximum atomic E-state index is 11.9. The third kappa shape index (κ3) is 3.83. The van der Waals surface area contributed by atoms with Crippen LogP contribution in [0.2, 0.25) is 0 Å². The normalized spacial score (nSPS) is 13.2. The summed E-state index contributed by atoms with van der Waals surface area (Å²) < 4.78 is 17.0. The smallest absolute Gasteiger partial charge is 0.408 e. The molecule has 1 N–H and O–H groups in total. The number of para-hydroxylation sites is 1. The van der Waals surface area contributed by atoms with Gasteiger partial charge in [-0.1, -0.05) is 36.4 Å². The van der Waals surface area contributed by atoms with Gasteiger partial charge in [-0.25, -0.2) is 4.57 Å². The summed E-state index contributed by atoms with van der Waals surface area (Å²) in [5.41, 5.74) is 0. The third-order valence-electron chi connectivity index (χ3n) is 2.05. The second kappa shape index (κ2) is 6.18. The van der Waals surface area contributed by atoms with Gasteiger partial charge in [-0.3, -0.25) is 0 Å². The molecule has 0 bridgehead atoms. The number of hydrogen-bond donors (Lipinski definition) is 1. The molecule has 0 aliphatic rings. The molecule has 5 heteroatoms. The minimum atomic E-state index is -3.77. The van der Waals surface area contributed by atoms with E-state index < -0.39 is 7.60 Å². The fourth-order valence-electron chi connectivity index (χ4n) is 1.29. The maximum absolute atomic E-state index is 11.9. The summed E-state index contributed by atoms with van der Waals surface area (Å²) in [4.78, 5) is 9.77. The second-order valence-corrected chi connectivity index (χ2v) is 5.00. The van der Waals surface area contributed by atoms with E-state index in [0.29, 0.717) is 11.1 Å². The first-order valence-electron chi connectivity index (χ1n) is 4.81. The van der Waals surface area contributed by atoms with Gasteiger partial charge in [0.15, 0.2) is 0 Å². The second-order valence-electron chi connectivity index (χ2n) is 3.26. The molecule has 0 fully saturated rings. The molecule has 3 nitrogen and oxygen atoms in total. The molecule has 0 aliphatic carbocycles. The van der Waals surface area contributed by atoms with Crippen LogP contribution in [0.25, 0.3) is 0 Å². The maximum Gasteiger partial charge on any atom is 0.408 e. The fourth-order valence-corrected chi connectivity index (χ4v) is 2.36. The number of rotatable bonds is 3. The summed E-state index contributed by atoms with van der Waals surface area (Å²) in [6.45, 7) is 0. The molecule has 86 valence electrons. The van der Waals surface area contributed by atoms with Gasteiger partial charge in [0, 0.05) is 21.7 Å². The van der Waals surface area contributed by atoms with Crippen LogP contribution in [0.4, 0.5) is 0 Å². The first-order valence-corrected chi connectivity index (χ1v) is 6.39. The molecule has 1 atom stereocenters. The first-order chi connectivity index (χ1) is 7.68. The summed E-state index contributed by atoms with van der Waals surface area (Å²) in [5.74, 6) is 0.386. The van der Waals surface area contributed by atoms with Crippen molar-refractivity contribution < 1.29 is 35.7 Å². The topological polar surface area (TPSA) is 46.5 Å². The van der Waals surface area contributed by atoms with Gasteiger partial charge < -0.3 is 9.42 Å². The molecule has 0 heterocycles. The Labute approximate surface area is 115 Å². The third-order valence-corrected chi connectivity index (χ3v) is 3.46. The Bertz CT molecular complexity index is 502. The van der Waals surface area contributed by atoms with Crippen molar-refractivity contribution in [3.63, 3.8) is 0 Å². The van der Waals surface area contributed by atoms with Crippen molar-refractivity contribution in [3.8, 4) is 5.75 Å². The van der Waals surface area contributed by atoms with Crippen molar-refractivity contribution in [1.29, 1.82) is 0 Å². The predicted molar refractivity (Wildman–Crippen MR) is 63.0 cm³/mol. The van der Waals surface area contributed by atoms with Crippen LogP contribution in [-0.4, -0.2) is 4.89 Å². The minimum Gasteiger partial charge on any atom is -0.421 e. The monoisotopic (exact) mass is 282 g/mol.